The van der Waals surface area contributed by atoms with Crippen molar-refractivity contribution < 1.29 is 14.6 Å². The van der Waals surface area contributed by atoms with Crippen molar-refractivity contribution in [3.05, 3.63) is 29.8 Å². The lowest BCUT2D eigenvalue weighted by molar-refractivity contribution is -0.135. The number of likely N-dealkylation sites (N-methyl/N-ethyl adjacent to an activating group) is 1. The highest BCUT2D eigenvalue weighted by atomic mass is 16.5. The summed E-state index contributed by atoms with van der Waals surface area (Å²) in [6.45, 7) is 5.08. The minimum atomic E-state index is -0.824. The van der Waals surface area contributed by atoms with E-state index in [-0.39, 0.29) is 12.6 Å². The van der Waals surface area contributed by atoms with E-state index < -0.39 is 5.97 Å². The highest BCUT2D eigenvalue weighted by Crippen LogP contribution is 2.17. The first-order chi connectivity index (χ1) is 9.54. The highest BCUT2D eigenvalue weighted by Gasteiger charge is 2.22. The number of carboxylic acids is 1. The van der Waals surface area contributed by atoms with Crippen LogP contribution in [0.25, 0.3) is 0 Å². The Balaban J connectivity index is 2.06. The highest BCUT2D eigenvalue weighted by molar-refractivity contribution is 5.73. The van der Waals surface area contributed by atoms with Gasteiger partial charge in [0.15, 0.2) is 0 Å². The molecule has 1 aromatic rings. The van der Waals surface area contributed by atoms with Gasteiger partial charge in [0.05, 0.1) is 12.7 Å². The minimum absolute atomic E-state index is 0.00731. The fraction of sp³-hybridized carbons (Fsp3) is 0.533. The number of benzene rings is 1. The third kappa shape index (κ3) is 4.21. The van der Waals surface area contributed by atoms with Gasteiger partial charge in [0.25, 0.3) is 0 Å². The first-order valence-electron chi connectivity index (χ1n) is 6.88. The molecular weight excluding hydrogens is 256 g/mol. The van der Waals surface area contributed by atoms with Crippen LogP contribution in [-0.4, -0.2) is 61.9 Å². The fourth-order valence-electron chi connectivity index (χ4n) is 2.40. The summed E-state index contributed by atoms with van der Waals surface area (Å²) in [5.41, 5.74) is 2.09. The zero-order valence-corrected chi connectivity index (χ0v) is 12.1. The number of carboxylic acid groups (broad SMARTS) is 1. The molecule has 5 nitrogen and oxygen atoms in total. The Labute approximate surface area is 119 Å². The summed E-state index contributed by atoms with van der Waals surface area (Å²) in [4.78, 5) is 15.1. The number of aliphatic carboxylic acids is 1. The van der Waals surface area contributed by atoms with E-state index in [0.717, 1.165) is 24.3 Å². The zero-order valence-electron chi connectivity index (χ0n) is 12.1. The molecule has 0 spiro atoms. The molecule has 2 rings (SSSR count). The third-order valence-corrected chi connectivity index (χ3v) is 3.49. The number of anilines is 1. The summed E-state index contributed by atoms with van der Waals surface area (Å²) in [5, 5.41) is 9.09. The summed E-state index contributed by atoms with van der Waals surface area (Å²) in [7, 11) is 2.06. The van der Waals surface area contributed by atoms with Crippen LogP contribution in [0.3, 0.4) is 0 Å². The molecule has 1 aliphatic heterocycles. The van der Waals surface area contributed by atoms with Crippen molar-refractivity contribution in [3.8, 4) is 0 Å². The van der Waals surface area contributed by atoms with Crippen LogP contribution < -0.4 is 4.90 Å². The molecule has 5 heteroatoms. The molecule has 1 unspecified atom stereocenters. The molecule has 110 valence electrons. The number of aryl methyl sites for hydroxylation is 1. The molecule has 0 aliphatic carbocycles. The monoisotopic (exact) mass is 278 g/mol. The number of rotatable bonds is 5. The van der Waals surface area contributed by atoms with Gasteiger partial charge in [0, 0.05) is 25.3 Å². The van der Waals surface area contributed by atoms with E-state index in [0.29, 0.717) is 13.2 Å². The molecule has 1 fully saturated rings. The van der Waals surface area contributed by atoms with Gasteiger partial charge in [-0.1, -0.05) is 17.7 Å². The lowest BCUT2D eigenvalue weighted by Crippen LogP contribution is -2.47. The Morgan fingerprint density at radius 1 is 1.45 bits per heavy atom. The molecule has 0 amide bonds. The molecule has 1 N–H and O–H groups in total. The van der Waals surface area contributed by atoms with Gasteiger partial charge in [-0.3, -0.25) is 4.79 Å². The van der Waals surface area contributed by atoms with Crippen LogP contribution in [0.2, 0.25) is 0 Å². The standard InChI is InChI=1S/C15H22N2O3/c1-12-3-5-13(6-4-12)17(11-15(18)19)10-14-9-16(2)7-8-20-14/h3-6,14H,7-11H2,1-2H3,(H,18,19). The van der Waals surface area contributed by atoms with Crippen LogP contribution in [0.15, 0.2) is 24.3 Å². The molecule has 1 aromatic carbocycles. The van der Waals surface area contributed by atoms with Crippen molar-refractivity contribution in [3.63, 3.8) is 0 Å². The number of ether oxygens (including phenoxy) is 1. The molecule has 0 radical (unpaired) electrons. The van der Waals surface area contributed by atoms with Crippen molar-refractivity contribution in [2.45, 2.75) is 13.0 Å². The molecule has 0 saturated carbocycles. The molecular formula is C15H22N2O3. The zero-order chi connectivity index (χ0) is 14.5. The largest absolute Gasteiger partial charge is 0.480 e. The second kappa shape index (κ2) is 6.72. The second-order valence-electron chi connectivity index (χ2n) is 5.36. The summed E-state index contributed by atoms with van der Waals surface area (Å²) in [6.07, 6.45) is 0.0504. The van der Waals surface area contributed by atoms with Gasteiger partial charge in [-0.2, -0.15) is 0 Å². The Bertz CT molecular complexity index is 447. The maximum Gasteiger partial charge on any atom is 0.323 e. The lowest BCUT2D eigenvalue weighted by Gasteiger charge is -2.34. The average Bonchev–Trinajstić information content (AvgIpc) is 2.38. The fourth-order valence-corrected chi connectivity index (χ4v) is 2.40. The average molecular weight is 278 g/mol. The van der Waals surface area contributed by atoms with Crippen LogP contribution in [0.4, 0.5) is 5.69 Å². The molecule has 0 aromatic heterocycles. The number of nitrogens with zero attached hydrogens (tertiary/aromatic N) is 2. The SMILES string of the molecule is Cc1ccc(N(CC(=O)O)CC2CN(C)CCO2)cc1. The first kappa shape index (κ1) is 14.8. The minimum Gasteiger partial charge on any atom is -0.480 e. The van der Waals surface area contributed by atoms with Crippen molar-refractivity contribution in [1.82, 2.24) is 4.90 Å². The Morgan fingerprint density at radius 3 is 2.75 bits per heavy atom. The predicted molar refractivity (Wildman–Crippen MR) is 78.3 cm³/mol. The summed E-state index contributed by atoms with van der Waals surface area (Å²) in [6, 6.07) is 7.92. The van der Waals surface area contributed by atoms with E-state index in [1.165, 1.54) is 0 Å². The van der Waals surface area contributed by atoms with Crippen molar-refractivity contribution >= 4 is 11.7 Å². The molecule has 20 heavy (non-hydrogen) atoms. The van der Waals surface area contributed by atoms with Gasteiger partial charge < -0.3 is 19.6 Å². The second-order valence-corrected chi connectivity index (χ2v) is 5.36. The van der Waals surface area contributed by atoms with E-state index in [9.17, 15) is 4.79 Å². The molecule has 1 atom stereocenters. The number of hydrogen-bond donors (Lipinski definition) is 1. The topological polar surface area (TPSA) is 53.0 Å². The van der Waals surface area contributed by atoms with Gasteiger partial charge >= 0.3 is 5.97 Å². The maximum absolute atomic E-state index is 11.1. The van der Waals surface area contributed by atoms with Gasteiger partial charge in [-0.05, 0) is 26.1 Å². The lowest BCUT2D eigenvalue weighted by atomic mass is 10.2. The van der Waals surface area contributed by atoms with Gasteiger partial charge in [-0.15, -0.1) is 0 Å². The van der Waals surface area contributed by atoms with Crippen LogP contribution in [0, 0.1) is 6.92 Å². The summed E-state index contributed by atoms with van der Waals surface area (Å²) in [5.74, 6) is -0.824. The van der Waals surface area contributed by atoms with Crippen molar-refractivity contribution in [2.24, 2.45) is 0 Å². The van der Waals surface area contributed by atoms with Crippen LogP contribution in [0.5, 0.6) is 0 Å². The van der Waals surface area contributed by atoms with E-state index in [4.69, 9.17) is 9.84 Å². The number of morpholine rings is 1. The van der Waals surface area contributed by atoms with Gasteiger partial charge in [0.2, 0.25) is 0 Å². The maximum atomic E-state index is 11.1. The number of hydrogen-bond acceptors (Lipinski definition) is 4. The van der Waals surface area contributed by atoms with E-state index in [1.807, 2.05) is 36.1 Å². The smallest absolute Gasteiger partial charge is 0.323 e. The van der Waals surface area contributed by atoms with Crippen molar-refractivity contribution in [1.29, 1.82) is 0 Å². The van der Waals surface area contributed by atoms with E-state index in [1.54, 1.807) is 0 Å². The van der Waals surface area contributed by atoms with Crippen LogP contribution >= 0.6 is 0 Å². The molecule has 1 saturated heterocycles. The Hall–Kier alpha value is -1.59. The summed E-state index contributed by atoms with van der Waals surface area (Å²) >= 11 is 0. The Morgan fingerprint density at radius 2 is 2.15 bits per heavy atom. The predicted octanol–water partition coefficient (Wildman–Crippen LogP) is 1.22. The third-order valence-electron chi connectivity index (χ3n) is 3.49. The van der Waals surface area contributed by atoms with Gasteiger partial charge in [0.1, 0.15) is 6.54 Å². The van der Waals surface area contributed by atoms with Crippen molar-refractivity contribution in [2.75, 3.05) is 44.7 Å². The molecule has 0 bridgehead atoms. The normalized spacial score (nSPS) is 19.8. The number of carbonyl (C=O) groups is 1. The van der Waals surface area contributed by atoms with Crippen LogP contribution in [-0.2, 0) is 9.53 Å². The first-order valence-corrected chi connectivity index (χ1v) is 6.88. The molecule has 1 heterocycles. The molecule has 1 aliphatic rings. The van der Waals surface area contributed by atoms with E-state index >= 15 is 0 Å². The Kier molecular flexibility index (Phi) is 4.98. The quantitative estimate of drug-likeness (QED) is 0.877. The van der Waals surface area contributed by atoms with Gasteiger partial charge in [-0.25, -0.2) is 0 Å². The van der Waals surface area contributed by atoms with Crippen LogP contribution in [0.1, 0.15) is 5.56 Å². The summed E-state index contributed by atoms with van der Waals surface area (Å²) < 4.78 is 5.73. The van der Waals surface area contributed by atoms with E-state index in [2.05, 4.69) is 11.9 Å².